The van der Waals surface area contributed by atoms with E-state index in [0.29, 0.717) is 5.56 Å². The van der Waals surface area contributed by atoms with E-state index in [1.54, 1.807) is 6.07 Å². The van der Waals surface area contributed by atoms with Crippen molar-refractivity contribution < 1.29 is 9.90 Å². The molecule has 104 valence electrons. The first-order valence-electron chi connectivity index (χ1n) is 6.98. The summed E-state index contributed by atoms with van der Waals surface area (Å²) >= 11 is 0. The van der Waals surface area contributed by atoms with E-state index in [1.165, 1.54) is 0 Å². The zero-order valence-electron chi connectivity index (χ0n) is 12.0. The van der Waals surface area contributed by atoms with Crippen LogP contribution >= 0.6 is 0 Å². The van der Waals surface area contributed by atoms with Crippen molar-refractivity contribution in [2.75, 3.05) is 13.1 Å². The summed E-state index contributed by atoms with van der Waals surface area (Å²) in [7, 11) is 0. The Kier molecular flexibility index (Phi) is 3.95. The largest absolute Gasteiger partial charge is 0.507 e. The fourth-order valence-electron chi connectivity index (χ4n) is 2.50. The van der Waals surface area contributed by atoms with Crippen molar-refractivity contribution in [2.45, 2.75) is 39.0 Å². The van der Waals surface area contributed by atoms with Crippen LogP contribution < -0.4 is 5.32 Å². The second-order valence-corrected chi connectivity index (χ2v) is 6.39. The third kappa shape index (κ3) is 3.16. The Hall–Kier alpha value is -1.35. The number of carbonyl (C=O) groups excluding carboxylic acids is 1. The third-order valence-electron chi connectivity index (χ3n) is 3.80. The van der Waals surface area contributed by atoms with Gasteiger partial charge in [-0.25, -0.2) is 0 Å². The van der Waals surface area contributed by atoms with E-state index in [0.717, 1.165) is 31.5 Å². The number of benzene rings is 1. The molecule has 2 N–H and O–H groups in total. The van der Waals surface area contributed by atoms with Crippen molar-refractivity contribution in [3.63, 3.8) is 0 Å². The summed E-state index contributed by atoms with van der Waals surface area (Å²) in [5.74, 6) is 0.161. The zero-order valence-corrected chi connectivity index (χ0v) is 12.0. The first kappa shape index (κ1) is 14.1. The van der Waals surface area contributed by atoms with Crippen molar-refractivity contribution in [2.24, 2.45) is 5.92 Å². The Bertz CT molecular complexity index is 468. The molecule has 1 aliphatic heterocycles. The van der Waals surface area contributed by atoms with Gasteiger partial charge in [0.1, 0.15) is 5.75 Å². The van der Waals surface area contributed by atoms with Crippen LogP contribution in [0.2, 0.25) is 0 Å². The van der Waals surface area contributed by atoms with Gasteiger partial charge in [0, 0.05) is 12.5 Å². The Morgan fingerprint density at radius 3 is 2.68 bits per heavy atom. The Labute approximate surface area is 115 Å². The van der Waals surface area contributed by atoms with Gasteiger partial charge in [0.25, 0.3) is 0 Å². The molecule has 0 bridgehead atoms. The van der Waals surface area contributed by atoms with Gasteiger partial charge in [0.2, 0.25) is 0 Å². The fraction of sp³-hybridized carbons (Fsp3) is 0.562. The Morgan fingerprint density at radius 1 is 1.37 bits per heavy atom. The van der Waals surface area contributed by atoms with E-state index in [1.807, 2.05) is 12.1 Å². The van der Waals surface area contributed by atoms with Gasteiger partial charge in [-0.1, -0.05) is 26.8 Å². The van der Waals surface area contributed by atoms with Gasteiger partial charge < -0.3 is 10.4 Å². The van der Waals surface area contributed by atoms with Crippen LogP contribution in [0.3, 0.4) is 0 Å². The molecule has 0 amide bonds. The molecule has 3 nitrogen and oxygen atoms in total. The van der Waals surface area contributed by atoms with Crippen LogP contribution in [0, 0.1) is 5.92 Å². The molecule has 3 heteroatoms. The molecule has 1 aliphatic rings. The minimum atomic E-state index is -0.0203. The van der Waals surface area contributed by atoms with E-state index in [-0.39, 0.29) is 22.9 Å². The maximum absolute atomic E-state index is 12.5. The number of hydrogen-bond acceptors (Lipinski definition) is 3. The molecule has 0 radical (unpaired) electrons. The van der Waals surface area contributed by atoms with Gasteiger partial charge >= 0.3 is 0 Å². The normalized spacial score (nSPS) is 20.3. The van der Waals surface area contributed by atoms with Crippen LogP contribution in [-0.2, 0) is 5.41 Å². The number of Topliss-reactive ketones (excluding diaryl/α,β-unsaturated/α-hetero) is 1. The number of piperidine rings is 1. The van der Waals surface area contributed by atoms with Crippen molar-refractivity contribution in [3.8, 4) is 5.75 Å². The monoisotopic (exact) mass is 261 g/mol. The molecule has 1 fully saturated rings. The molecule has 0 spiro atoms. The van der Waals surface area contributed by atoms with Crippen molar-refractivity contribution in [1.29, 1.82) is 0 Å². The number of rotatable bonds is 2. The number of ketones is 1. The summed E-state index contributed by atoms with van der Waals surface area (Å²) in [5, 5.41) is 13.2. The quantitative estimate of drug-likeness (QED) is 0.805. The smallest absolute Gasteiger partial charge is 0.170 e. The van der Waals surface area contributed by atoms with Crippen molar-refractivity contribution >= 4 is 5.78 Å². The lowest BCUT2D eigenvalue weighted by atomic mass is 9.83. The van der Waals surface area contributed by atoms with E-state index in [4.69, 9.17) is 0 Å². The molecule has 19 heavy (non-hydrogen) atoms. The lowest BCUT2D eigenvalue weighted by Gasteiger charge is -2.24. The average Bonchev–Trinajstić information content (AvgIpc) is 2.38. The summed E-state index contributed by atoms with van der Waals surface area (Å²) in [6.07, 6.45) is 1.93. The topological polar surface area (TPSA) is 49.3 Å². The van der Waals surface area contributed by atoms with E-state index in [9.17, 15) is 9.90 Å². The zero-order chi connectivity index (χ0) is 14.0. The lowest BCUT2D eigenvalue weighted by Crippen LogP contribution is -2.34. The summed E-state index contributed by atoms with van der Waals surface area (Å²) in [4.78, 5) is 12.5. The van der Waals surface area contributed by atoms with Gasteiger partial charge in [-0.3, -0.25) is 4.79 Å². The highest BCUT2D eigenvalue weighted by Gasteiger charge is 2.25. The minimum Gasteiger partial charge on any atom is -0.507 e. The molecule has 1 unspecified atom stereocenters. The van der Waals surface area contributed by atoms with Crippen LogP contribution in [0.25, 0.3) is 0 Å². The van der Waals surface area contributed by atoms with E-state index < -0.39 is 0 Å². The molecule has 0 aliphatic carbocycles. The summed E-state index contributed by atoms with van der Waals surface area (Å²) in [6.45, 7) is 8.03. The summed E-state index contributed by atoms with van der Waals surface area (Å²) in [6, 6.07) is 5.39. The first-order valence-corrected chi connectivity index (χ1v) is 6.98. The molecule has 2 rings (SSSR count). The van der Waals surface area contributed by atoms with Crippen LogP contribution in [0.5, 0.6) is 5.75 Å². The number of phenolic OH excluding ortho intramolecular Hbond substituents is 1. The van der Waals surface area contributed by atoms with Gasteiger partial charge in [-0.15, -0.1) is 0 Å². The van der Waals surface area contributed by atoms with Crippen LogP contribution in [-0.4, -0.2) is 24.0 Å². The summed E-state index contributed by atoms with van der Waals surface area (Å²) < 4.78 is 0. The predicted molar refractivity (Wildman–Crippen MR) is 76.7 cm³/mol. The molecule has 1 aromatic carbocycles. The molecule has 1 aromatic rings. The highest BCUT2D eigenvalue weighted by Crippen LogP contribution is 2.29. The molecular formula is C16H23NO2. The number of nitrogens with one attached hydrogen (secondary N) is 1. The Balaban J connectivity index is 2.30. The van der Waals surface area contributed by atoms with Gasteiger partial charge in [0.15, 0.2) is 5.78 Å². The lowest BCUT2D eigenvalue weighted by molar-refractivity contribution is 0.0897. The van der Waals surface area contributed by atoms with Crippen LogP contribution in [0.4, 0.5) is 0 Å². The van der Waals surface area contributed by atoms with Crippen molar-refractivity contribution in [1.82, 2.24) is 5.32 Å². The second kappa shape index (κ2) is 5.33. The average molecular weight is 261 g/mol. The first-order chi connectivity index (χ1) is 8.89. The molecule has 1 saturated heterocycles. The second-order valence-electron chi connectivity index (χ2n) is 6.39. The third-order valence-corrected chi connectivity index (χ3v) is 3.80. The van der Waals surface area contributed by atoms with Crippen molar-refractivity contribution in [3.05, 3.63) is 29.3 Å². The number of phenols is 1. The fourth-order valence-corrected chi connectivity index (χ4v) is 2.50. The molecule has 1 atom stereocenters. The minimum absolute atomic E-state index is 0.00475. The number of carbonyl (C=O) groups is 1. The van der Waals surface area contributed by atoms with Crippen LogP contribution in [0.1, 0.15) is 49.5 Å². The predicted octanol–water partition coefficient (Wildman–Crippen LogP) is 2.87. The Morgan fingerprint density at radius 2 is 2.11 bits per heavy atom. The number of aromatic hydroxyl groups is 1. The van der Waals surface area contributed by atoms with Gasteiger partial charge in [0.05, 0.1) is 5.56 Å². The highest BCUT2D eigenvalue weighted by atomic mass is 16.3. The summed E-state index contributed by atoms with van der Waals surface area (Å²) in [5.41, 5.74) is 1.53. The maximum atomic E-state index is 12.5. The van der Waals surface area contributed by atoms with Crippen LogP contribution in [0.15, 0.2) is 18.2 Å². The molecule has 1 heterocycles. The van der Waals surface area contributed by atoms with E-state index in [2.05, 4.69) is 26.1 Å². The SMILES string of the molecule is CC(C)(C)c1ccc(O)c(C(=O)C2CCCNC2)c1. The molecular weight excluding hydrogens is 238 g/mol. The molecule has 0 saturated carbocycles. The highest BCUT2D eigenvalue weighted by molar-refractivity contribution is 6.00. The van der Waals surface area contributed by atoms with Gasteiger partial charge in [-0.2, -0.15) is 0 Å². The number of hydrogen-bond donors (Lipinski definition) is 2. The maximum Gasteiger partial charge on any atom is 0.170 e. The van der Waals surface area contributed by atoms with Gasteiger partial charge in [-0.05, 0) is 42.5 Å². The van der Waals surface area contributed by atoms with E-state index >= 15 is 0 Å². The molecule has 0 aromatic heterocycles. The standard InChI is InChI=1S/C16H23NO2/c1-16(2,3)12-6-7-14(18)13(9-12)15(19)11-5-4-8-17-10-11/h6-7,9,11,17-18H,4-5,8,10H2,1-3H3.